The lowest BCUT2D eigenvalue weighted by molar-refractivity contribution is 0.175. The molecule has 2 aliphatic rings. The van der Waals surface area contributed by atoms with E-state index in [0.717, 1.165) is 31.7 Å². The van der Waals surface area contributed by atoms with E-state index in [9.17, 15) is 0 Å². The zero-order chi connectivity index (χ0) is 13.1. The maximum atomic E-state index is 5.67. The number of nitrogens with zero attached hydrogens (tertiary/aromatic N) is 2. The molecule has 1 aromatic rings. The van der Waals surface area contributed by atoms with Crippen molar-refractivity contribution in [1.29, 1.82) is 0 Å². The van der Waals surface area contributed by atoms with Gasteiger partial charge >= 0.3 is 0 Å². The molecule has 2 fully saturated rings. The third kappa shape index (κ3) is 3.35. The Bertz CT molecular complexity index is 388. The van der Waals surface area contributed by atoms with Gasteiger partial charge in [0, 0.05) is 38.3 Å². The SMILES string of the molecule is NCCN1CC[C@H](N(Cc2ccccc2)C2CC2)C1. The van der Waals surface area contributed by atoms with Crippen molar-refractivity contribution in [2.24, 2.45) is 5.73 Å². The summed E-state index contributed by atoms with van der Waals surface area (Å²) < 4.78 is 0. The molecule has 0 amide bonds. The zero-order valence-electron chi connectivity index (χ0n) is 11.7. The van der Waals surface area contributed by atoms with E-state index in [-0.39, 0.29) is 0 Å². The molecule has 0 bridgehead atoms. The minimum absolute atomic E-state index is 0.735. The summed E-state index contributed by atoms with van der Waals surface area (Å²) in [6.07, 6.45) is 4.09. The van der Waals surface area contributed by atoms with Gasteiger partial charge in [0.2, 0.25) is 0 Å². The molecule has 0 aromatic heterocycles. The summed E-state index contributed by atoms with van der Waals surface area (Å²) in [5.41, 5.74) is 7.12. The second-order valence-corrected chi connectivity index (χ2v) is 5.92. The van der Waals surface area contributed by atoms with E-state index in [2.05, 4.69) is 40.1 Å². The summed E-state index contributed by atoms with van der Waals surface area (Å²) in [5.74, 6) is 0. The van der Waals surface area contributed by atoms with Crippen LogP contribution in [0.2, 0.25) is 0 Å². The highest BCUT2D eigenvalue weighted by atomic mass is 15.3. The van der Waals surface area contributed by atoms with Crippen LogP contribution in [-0.4, -0.2) is 48.1 Å². The fraction of sp³-hybridized carbons (Fsp3) is 0.625. The molecule has 1 aromatic carbocycles. The van der Waals surface area contributed by atoms with Crippen molar-refractivity contribution >= 4 is 0 Å². The largest absolute Gasteiger partial charge is 0.329 e. The fourth-order valence-electron chi connectivity index (χ4n) is 3.23. The van der Waals surface area contributed by atoms with Gasteiger partial charge in [0.15, 0.2) is 0 Å². The van der Waals surface area contributed by atoms with Crippen LogP contribution in [0.3, 0.4) is 0 Å². The maximum absolute atomic E-state index is 5.67. The molecule has 3 heteroatoms. The van der Waals surface area contributed by atoms with E-state index in [1.165, 1.54) is 37.9 Å². The molecule has 3 nitrogen and oxygen atoms in total. The highest BCUT2D eigenvalue weighted by Gasteiger charge is 2.36. The molecule has 1 saturated carbocycles. The lowest BCUT2D eigenvalue weighted by Crippen LogP contribution is -2.39. The number of nitrogens with two attached hydrogens (primary N) is 1. The first kappa shape index (κ1) is 13.1. The molecular weight excluding hydrogens is 234 g/mol. The molecule has 0 radical (unpaired) electrons. The summed E-state index contributed by atoms with van der Waals surface area (Å²) in [5, 5.41) is 0. The van der Waals surface area contributed by atoms with Crippen LogP contribution < -0.4 is 5.73 Å². The molecule has 19 heavy (non-hydrogen) atoms. The van der Waals surface area contributed by atoms with Crippen LogP contribution in [0.15, 0.2) is 30.3 Å². The van der Waals surface area contributed by atoms with Gasteiger partial charge < -0.3 is 10.6 Å². The molecule has 0 spiro atoms. The number of benzene rings is 1. The minimum Gasteiger partial charge on any atom is -0.329 e. The third-order valence-electron chi connectivity index (χ3n) is 4.39. The minimum atomic E-state index is 0.735. The van der Waals surface area contributed by atoms with Crippen LogP contribution in [0.25, 0.3) is 0 Å². The maximum Gasteiger partial charge on any atom is 0.0241 e. The van der Waals surface area contributed by atoms with Crippen LogP contribution in [0, 0.1) is 0 Å². The van der Waals surface area contributed by atoms with Gasteiger partial charge in [-0.1, -0.05) is 30.3 Å². The molecule has 1 heterocycles. The normalized spacial score (nSPS) is 24.2. The summed E-state index contributed by atoms with van der Waals surface area (Å²) in [7, 11) is 0. The van der Waals surface area contributed by atoms with Crippen molar-refractivity contribution in [3.8, 4) is 0 Å². The summed E-state index contributed by atoms with van der Waals surface area (Å²) in [6.45, 7) is 5.39. The van der Waals surface area contributed by atoms with E-state index in [4.69, 9.17) is 5.73 Å². The Balaban J connectivity index is 1.62. The Kier molecular flexibility index (Phi) is 4.16. The molecule has 0 unspecified atom stereocenters. The smallest absolute Gasteiger partial charge is 0.0241 e. The van der Waals surface area contributed by atoms with E-state index in [1.807, 2.05) is 0 Å². The van der Waals surface area contributed by atoms with Crippen molar-refractivity contribution in [1.82, 2.24) is 9.80 Å². The van der Waals surface area contributed by atoms with Crippen LogP contribution in [0.5, 0.6) is 0 Å². The average molecular weight is 259 g/mol. The number of rotatable bonds is 6. The number of hydrogen-bond donors (Lipinski definition) is 1. The second-order valence-electron chi connectivity index (χ2n) is 5.92. The van der Waals surface area contributed by atoms with Crippen molar-refractivity contribution in [3.63, 3.8) is 0 Å². The van der Waals surface area contributed by atoms with Gasteiger partial charge in [-0.05, 0) is 31.4 Å². The predicted molar refractivity (Wildman–Crippen MR) is 78.9 cm³/mol. The van der Waals surface area contributed by atoms with Crippen molar-refractivity contribution in [2.45, 2.75) is 37.9 Å². The molecule has 2 N–H and O–H groups in total. The predicted octanol–water partition coefficient (Wildman–Crippen LogP) is 1.68. The molecule has 1 saturated heterocycles. The van der Waals surface area contributed by atoms with Crippen molar-refractivity contribution in [3.05, 3.63) is 35.9 Å². The van der Waals surface area contributed by atoms with Crippen LogP contribution in [0.4, 0.5) is 0 Å². The Morgan fingerprint density at radius 2 is 1.89 bits per heavy atom. The first-order valence-corrected chi connectivity index (χ1v) is 7.59. The van der Waals surface area contributed by atoms with Crippen molar-refractivity contribution < 1.29 is 0 Å². The molecule has 1 aliphatic carbocycles. The van der Waals surface area contributed by atoms with Crippen LogP contribution in [-0.2, 0) is 6.54 Å². The van der Waals surface area contributed by atoms with Gasteiger partial charge in [-0.3, -0.25) is 4.90 Å². The Morgan fingerprint density at radius 1 is 1.11 bits per heavy atom. The first-order valence-electron chi connectivity index (χ1n) is 7.59. The second kappa shape index (κ2) is 6.04. The summed E-state index contributed by atoms with van der Waals surface area (Å²) in [4.78, 5) is 5.26. The van der Waals surface area contributed by atoms with E-state index in [1.54, 1.807) is 0 Å². The highest BCUT2D eigenvalue weighted by Crippen LogP contribution is 2.32. The molecule has 3 rings (SSSR count). The van der Waals surface area contributed by atoms with Gasteiger partial charge in [0.05, 0.1) is 0 Å². The van der Waals surface area contributed by atoms with Crippen LogP contribution >= 0.6 is 0 Å². The van der Waals surface area contributed by atoms with E-state index >= 15 is 0 Å². The molecule has 1 aliphatic heterocycles. The highest BCUT2D eigenvalue weighted by molar-refractivity contribution is 5.15. The topological polar surface area (TPSA) is 32.5 Å². The number of likely N-dealkylation sites (tertiary alicyclic amines) is 1. The summed E-state index contributed by atoms with van der Waals surface area (Å²) in [6, 6.07) is 12.5. The standard InChI is InChI=1S/C16H25N3/c17-9-11-18-10-8-16(13-18)19(15-6-7-15)12-14-4-2-1-3-5-14/h1-5,15-16H,6-13,17H2/t16-/m0/s1. The average Bonchev–Trinajstić information content (AvgIpc) is 3.18. The Hall–Kier alpha value is -0.900. The van der Waals surface area contributed by atoms with Gasteiger partial charge in [-0.2, -0.15) is 0 Å². The van der Waals surface area contributed by atoms with Crippen LogP contribution in [0.1, 0.15) is 24.8 Å². The Labute approximate surface area is 116 Å². The Morgan fingerprint density at radius 3 is 2.58 bits per heavy atom. The monoisotopic (exact) mass is 259 g/mol. The van der Waals surface area contributed by atoms with E-state index < -0.39 is 0 Å². The lowest BCUT2D eigenvalue weighted by Gasteiger charge is -2.29. The first-order chi connectivity index (χ1) is 9.36. The van der Waals surface area contributed by atoms with Gasteiger partial charge in [-0.15, -0.1) is 0 Å². The third-order valence-corrected chi connectivity index (χ3v) is 4.39. The molecular formula is C16H25N3. The fourth-order valence-corrected chi connectivity index (χ4v) is 3.23. The van der Waals surface area contributed by atoms with Crippen molar-refractivity contribution in [2.75, 3.05) is 26.2 Å². The van der Waals surface area contributed by atoms with Gasteiger partial charge in [0.25, 0.3) is 0 Å². The van der Waals surface area contributed by atoms with Gasteiger partial charge in [-0.25, -0.2) is 0 Å². The lowest BCUT2D eigenvalue weighted by atomic mass is 10.1. The molecule has 1 atom stereocenters. The zero-order valence-corrected chi connectivity index (χ0v) is 11.7. The number of hydrogen-bond acceptors (Lipinski definition) is 3. The van der Waals surface area contributed by atoms with E-state index in [0.29, 0.717) is 0 Å². The van der Waals surface area contributed by atoms with Gasteiger partial charge in [0.1, 0.15) is 0 Å². The quantitative estimate of drug-likeness (QED) is 0.844. The summed E-state index contributed by atoms with van der Waals surface area (Å²) >= 11 is 0. The molecule has 104 valence electrons.